The molecule has 2 aromatic rings. The molecule has 2 heterocycles. The number of hydrogen-bond donors (Lipinski definition) is 0. The zero-order chi connectivity index (χ0) is 17.4. The minimum atomic E-state index is -0.0939. The molecule has 1 saturated carbocycles. The van der Waals surface area contributed by atoms with Gasteiger partial charge in [-0.05, 0) is 32.3 Å². The van der Waals surface area contributed by atoms with Crippen LogP contribution in [0.3, 0.4) is 0 Å². The second kappa shape index (κ2) is 6.64. The molecule has 1 saturated heterocycles. The SMILES string of the molecule is Cc1ccc(CN2CCN(Cc3nccn3C3CC3)C(C)C2=O)cc1. The normalized spacial score (nSPS) is 21.8. The van der Waals surface area contributed by atoms with Crippen LogP contribution in [0.25, 0.3) is 0 Å². The fourth-order valence-corrected chi connectivity index (χ4v) is 3.59. The van der Waals surface area contributed by atoms with Gasteiger partial charge in [-0.1, -0.05) is 29.8 Å². The van der Waals surface area contributed by atoms with Gasteiger partial charge in [0, 0.05) is 38.1 Å². The lowest BCUT2D eigenvalue weighted by atomic mass is 10.1. The molecule has 132 valence electrons. The minimum Gasteiger partial charge on any atom is -0.336 e. The fraction of sp³-hybridized carbons (Fsp3) is 0.500. The van der Waals surface area contributed by atoms with Crippen molar-refractivity contribution in [3.63, 3.8) is 0 Å². The molecule has 1 amide bonds. The molecular weight excluding hydrogens is 312 g/mol. The predicted molar refractivity (Wildman–Crippen MR) is 97.0 cm³/mol. The van der Waals surface area contributed by atoms with Crippen LogP contribution in [0.5, 0.6) is 0 Å². The van der Waals surface area contributed by atoms with E-state index in [1.807, 2.05) is 18.0 Å². The number of hydrogen-bond acceptors (Lipinski definition) is 3. The number of imidazole rings is 1. The minimum absolute atomic E-state index is 0.0939. The molecule has 0 radical (unpaired) electrons. The first-order chi connectivity index (χ1) is 12.1. The maximum atomic E-state index is 12.8. The Balaban J connectivity index is 1.40. The standard InChI is InChI=1S/C20H26N4O/c1-15-3-5-17(6-4-15)13-23-12-11-22(16(2)20(23)25)14-19-21-9-10-24(19)18-7-8-18/h3-6,9-10,16,18H,7-8,11-14H2,1-2H3. The maximum absolute atomic E-state index is 12.8. The first kappa shape index (κ1) is 16.3. The quantitative estimate of drug-likeness (QED) is 0.842. The van der Waals surface area contributed by atoms with Gasteiger partial charge < -0.3 is 9.47 Å². The molecule has 0 spiro atoms. The van der Waals surface area contributed by atoms with Crippen LogP contribution in [0.1, 0.15) is 42.8 Å². The third-order valence-electron chi connectivity index (χ3n) is 5.40. The molecule has 1 aromatic heterocycles. The lowest BCUT2D eigenvalue weighted by Gasteiger charge is -2.39. The third-order valence-corrected chi connectivity index (χ3v) is 5.40. The number of piperazine rings is 1. The zero-order valence-corrected chi connectivity index (χ0v) is 15.1. The van der Waals surface area contributed by atoms with E-state index in [1.54, 1.807) is 0 Å². The summed E-state index contributed by atoms with van der Waals surface area (Å²) in [5.74, 6) is 1.31. The molecule has 1 aliphatic heterocycles. The van der Waals surface area contributed by atoms with Crippen LogP contribution < -0.4 is 0 Å². The van der Waals surface area contributed by atoms with E-state index in [9.17, 15) is 4.79 Å². The first-order valence-corrected chi connectivity index (χ1v) is 9.22. The highest BCUT2D eigenvalue weighted by molar-refractivity contribution is 5.82. The van der Waals surface area contributed by atoms with Crippen molar-refractivity contribution in [1.29, 1.82) is 0 Å². The second-order valence-corrected chi connectivity index (χ2v) is 7.37. The molecule has 1 aromatic carbocycles. The lowest BCUT2D eigenvalue weighted by molar-refractivity contribution is -0.142. The van der Waals surface area contributed by atoms with E-state index in [2.05, 4.69) is 51.8 Å². The number of carbonyl (C=O) groups excluding carboxylic acids is 1. The molecule has 1 unspecified atom stereocenters. The summed E-state index contributed by atoms with van der Waals surface area (Å²) < 4.78 is 2.29. The number of benzene rings is 1. The highest BCUT2D eigenvalue weighted by Crippen LogP contribution is 2.35. The van der Waals surface area contributed by atoms with Crippen molar-refractivity contribution < 1.29 is 4.79 Å². The van der Waals surface area contributed by atoms with Gasteiger partial charge in [-0.3, -0.25) is 9.69 Å². The van der Waals surface area contributed by atoms with Gasteiger partial charge in [-0.2, -0.15) is 0 Å². The Morgan fingerprint density at radius 1 is 1.12 bits per heavy atom. The first-order valence-electron chi connectivity index (χ1n) is 9.22. The summed E-state index contributed by atoms with van der Waals surface area (Å²) in [4.78, 5) is 21.6. The molecule has 25 heavy (non-hydrogen) atoms. The molecule has 5 nitrogen and oxygen atoms in total. The van der Waals surface area contributed by atoms with Gasteiger partial charge in [0.25, 0.3) is 0 Å². The predicted octanol–water partition coefficient (Wildman–Crippen LogP) is 2.76. The monoisotopic (exact) mass is 338 g/mol. The Hall–Kier alpha value is -2.14. The Morgan fingerprint density at radius 3 is 2.60 bits per heavy atom. The van der Waals surface area contributed by atoms with Gasteiger partial charge in [0.2, 0.25) is 5.91 Å². The smallest absolute Gasteiger partial charge is 0.239 e. The van der Waals surface area contributed by atoms with Crippen LogP contribution in [-0.4, -0.2) is 44.4 Å². The van der Waals surface area contributed by atoms with Gasteiger partial charge in [0.1, 0.15) is 5.82 Å². The molecule has 2 aliphatic rings. The number of carbonyl (C=O) groups is 1. The van der Waals surface area contributed by atoms with Crippen molar-refractivity contribution in [3.8, 4) is 0 Å². The lowest BCUT2D eigenvalue weighted by Crippen LogP contribution is -2.55. The molecule has 1 atom stereocenters. The number of amides is 1. The van der Waals surface area contributed by atoms with Crippen molar-refractivity contribution >= 4 is 5.91 Å². The van der Waals surface area contributed by atoms with E-state index in [1.165, 1.54) is 24.0 Å². The molecule has 4 rings (SSSR count). The largest absolute Gasteiger partial charge is 0.336 e. The molecule has 2 fully saturated rings. The summed E-state index contributed by atoms with van der Waals surface area (Å²) >= 11 is 0. The summed E-state index contributed by atoms with van der Waals surface area (Å²) in [6.07, 6.45) is 6.46. The zero-order valence-electron chi connectivity index (χ0n) is 15.1. The molecule has 5 heteroatoms. The van der Waals surface area contributed by atoms with E-state index in [0.717, 1.165) is 25.5 Å². The van der Waals surface area contributed by atoms with Gasteiger partial charge in [0.05, 0.1) is 12.6 Å². The summed E-state index contributed by atoms with van der Waals surface area (Å²) in [6, 6.07) is 8.99. The van der Waals surface area contributed by atoms with Crippen molar-refractivity contribution in [2.45, 2.75) is 51.9 Å². The molecule has 0 N–H and O–H groups in total. The number of rotatable bonds is 5. The van der Waals surface area contributed by atoms with Gasteiger partial charge in [-0.25, -0.2) is 4.98 Å². The van der Waals surface area contributed by atoms with Crippen molar-refractivity contribution in [3.05, 3.63) is 53.6 Å². The third kappa shape index (κ3) is 3.47. The fourth-order valence-electron chi connectivity index (χ4n) is 3.59. The average molecular weight is 338 g/mol. The number of nitrogens with zero attached hydrogens (tertiary/aromatic N) is 4. The molecule has 0 bridgehead atoms. The van der Waals surface area contributed by atoms with Gasteiger partial charge in [0.15, 0.2) is 0 Å². The Kier molecular flexibility index (Phi) is 4.34. The highest BCUT2D eigenvalue weighted by atomic mass is 16.2. The molecular formula is C20H26N4O. The summed E-state index contributed by atoms with van der Waals surface area (Å²) in [5.41, 5.74) is 2.45. The summed E-state index contributed by atoms with van der Waals surface area (Å²) in [7, 11) is 0. The van der Waals surface area contributed by atoms with Gasteiger partial charge in [-0.15, -0.1) is 0 Å². The van der Waals surface area contributed by atoms with Crippen LogP contribution >= 0.6 is 0 Å². The van der Waals surface area contributed by atoms with Crippen molar-refractivity contribution in [2.24, 2.45) is 0 Å². The van der Waals surface area contributed by atoms with Crippen LogP contribution in [-0.2, 0) is 17.9 Å². The number of aromatic nitrogens is 2. The number of aryl methyl sites for hydroxylation is 1. The summed E-state index contributed by atoms with van der Waals surface area (Å²) in [5, 5.41) is 0. The topological polar surface area (TPSA) is 41.4 Å². The summed E-state index contributed by atoms with van der Waals surface area (Å²) in [6.45, 7) is 7.25. The van der Waals surface area contributed by atoms with Crippen LogP contribution in [0.2, 0.25) is 0 Å². The van der Waals surface area contributed by atoms with E-state index in [4.69, 9.17) is 0 Å². The highest BCUT2D eigenvalue weighted by Gasteiger charge is 2.33. The van der Waals surface area contributed by atoms with Crippen molar-refractivity contribution in [2.75, 3.05) is 13.1 Å². The van der Waals surface area contributed by atoms with E-state index in [-0.39, 0.29) is 11.9 Å². The molecule has 1 aliphatic carbocycles. The Morgan fingerprint density at radius 2 is 1.88 bits per heavy atom. The van der Waals surface area contributed by atoms with Crippen LogP contribution in [0.15, 0.2) is 36.7 Å². The average Bonchev–Trinajstić information content (AvgIpc) is 3.35. The van der Waals surface area contributed by atoms with Crippen LogP contribution in [0.4, 0.5) is 0 Å². The van der Waals surface area contributed by atoms with Crippen molar-refractivity contribution in [1.82, 2.24) is 19.4 Å². The second-order valence-electron chi connectivity index (χ2n) is 7.37. The van der Waals surface area contributed by atoms with Gasteiger partial charge >= 0.3 is 0 Å². The van der Waals surface area contributed by atoms with E-state index < -0.39 is 0 Å². The maximum Gasteiger partial charge on any atom is 0.239 e. The van der Waals surface area contributed by atoms with E-state index >= 15 is 0 Å². The van der Waals surface area contributed by atoms with Crippen LogP contribution in [0, 0.1) is 6.92 Å². The van der Waals surface area contributed by atoms with E-state index in [0.29, 0.717) is 12.6 Å². The Bertz CT molecular complexity index is 747. The Labute approximate surface area is 149 Å².